The third-order valence-electron chi connectivity index (χ3n) is 5.52. The van der Waals surface area contributed by atoms with Gasteiger partial charge in [0.2, 0.25) is 5.88 Å². The molecule has 0 unspecified atom stereocenters. The molecule has 3 heterocycles. The molecule has 200 valence electrons. The van der Waals surface area contributed by atoms with Crippen molar-refractivity contribution in [3.05, 3.63) is 77.9 Å². The third kappa shape index (κ3) is 4.61. The Morgan fingerprint density at radius 3 is 2.56 bits per heavy atom. The van der Waals surface area contributed by atoms with Crippen molar-refractivity contribution in [2.24, 2.45) is 0 Å². The Labute approximate surface area is 216 Å². The fourth-order valence-electron chi connectivity index (χ4n) is 3.76. The van der Waals surface area contributed by atoms with Crippen LogP contribution in [0.1, 0.15) is 10.5 Å². The fourth-order valence-corrected chi connectivity index (χ4v) is 4.95. The van der Waals surface area contributed by atoms with E-state index in [0.29, 0.717) is 11.8 Å². The molecule has 1 amide bonds. The van der Waals surface area contributed by atoms with E-state index < -0.39 is 72.3 Å². The van der Waals surface area contributed by atoms with Gasteiger partial charge in [0.05, 0.1) is 36.4 Å². The number of methoxy groups -OCH3 is 1. The highest BCUT2D eigenvalue weighted by atomic mass is 32.2. The Kier molecular flexibility index (Phi) is 6.39. The number of aromatic nitrogens is 5. The van der Waals surface area contributed by atoms with Crippen molar-refractivity contribution < 1.29 is 35.5 Å². The smallest absolute Gasteiger partial charge is 0.274 e. The molecule has 0 aliphatic heterocycles. The molecule has 16 heteroatoms. The first-order chi connectivity index (χ1) is 18.6. The van der Waals surface area contributed by atoms with Crippen molar-refractivity contribution in [1.29, 1.82) is 0 Å². The van der Waals surface area contributed by atoms with Gasteiger partial charge in [0.25, 0.3) is 15.9 Å². The number of nitrogens with one attached hydrogen (secondary N) is 4. The number of hydrogen-bond donors (Lipinski definition) is 4. The first-order valence-electron chi connectivity index (χ1n) is 10.8. The molecular weight excluding hydrogens is 546 g/mol. The van der Waals surface area contributed by atoms with Gasteiger partial charge >= 0.3 is 0 Å². The Balaban J connectivity index is 1.54. The van der Waals surface area contributed by atoms with Crippen LogP contribution in [0.15, 0.2) is 53.8 Å². The van der Waals surface area contributed by atoms with Gasteiger partial charge < -0.3 is 10.1 Å². The standard InChI is InChI=1S/C23H15F4N7O4S/c1-38-23-16(6-10(24)7-28-23)39(36,37)34-15-5-4-14(25)17(19(15)27)12-2-3-13-20(18(12)26)32-33-21(13)22(35)31-11-8-29-30-9-11/h2-9,34H,1H3,(H,29,30)(H,31,35)(H,32,33). The Bertz CT molecular complexity index is 1840. The zero-order chi connectivity index (χ0) is 27.9. The molecule has 2 aromatic carbocycles. The first kappa shape index (κ1) is 25.7. The molecule has 0 aliphatic carbocycles. The molecule has 0 saturated heterocycles. The fraction of sp³-hybridized carbons (Fsp3) is 0.0435. The van der Waals surface area contributed by atoms with E-state index in [1.807, 2.05) is 4.72 Å². The minimum Gasteiger partial charge on any atom is -0.480 e. The average Bonchev–Trinajstić information content (AvgIpc) is 3.57. The van der Waals surface area contributed by atoms with Crippen LogP contribution < -0.4 is 14.8 Å². The van der Waals surface area contributed by atoms with Gasteiger partial charge in [-0.3, -0.25) is 19.7 Å². The minimum absolute atomic E-state index is 0.0145. The molecule has 5 aromatic rings. The summed E-state index contributed by atoms with van der Waals surface area (Å²) in [6.07, 6.45) is 3.46. The van der Waals surface area contributed by atoms with E-state index in [2.05, 4.69) is 30.7 Å². The van der Waals surface area contributed by atoms with Gasteiger partial charge in [0.1, 0.15) is 22.8 Å². The second kappa shape index (κ2) is 9.71. The maximum absolute atomic E-state index is 15.5. The van der Waals surface area contributed by atoms with Crippen molar-refractivity contribution in [3.63, 3.8) is 0 Å². The lowest BCUT2D eigenvalue weighted by Gasteiger charge is -2.14. The van der Waals surface area contributed by atoms with E-state index in [0.717, 1.165) is 31.5 Å². The van der Waals surface area contributed by atoms with Gasteiger partial charge in [-0.15, -0.1) is 0 Å². The summed E-state index contributed by atoms with van der Waals surface area (Å²) in [6, 6.07) is 4.33. The highest BCUT2D eigenvalue weighted by molar-refractivity contribution is 7.92. The van der Waals surface area contributed by atoms with E-state index >= 15 is 8.78 Å². The molecule has 5 rings (SSSR count). The number of fused-ring (bicyclic) bond motifs is 1. The zero-order valence-electron chi connectivity index (χ0n) is 19.5. The van der Waals surface area contributed by atoms with Crippen LogP contribution in [0.4, 0.5) is 28.9 Å². The van der Waals surface area contributed by atoms with Gasteiger partial charge in [-0.25, -0.2) is 31.0 Å². The SMILES string of the molecule is COc1ncc(F)cc1S(=O)(=O)Nc1ccc(F)c(-c2ccc3c(C(=O)Nc4cn[nH]c4)[nH]nc3c2F)c1F. The molecule has 0 fully saturated rings. The number of sulfonamides is 1. The summed E-state index contributed by atoms with van der Waals surface area (Å²) in [5, 5.41) is 14.9. The number of H-pyrrole nitrogens is 2. The Hall–Kier alpha value is -4.99. The second-order valence-electron chi connectivity index (χ2n) is 7.91. The van der Waals surface area contributed by atoms with Crippen LogP contribution in [0.3, 0.4) is 0 Å². The summed E-state index contributed by atoms with van der Waals surface area (Å²) in [5.41, 5.74) is -2.47. The maximum atomic E-state index is 15.5. The highest BCUT2D eigenvalue weighted by Gasteiger charge is 2.27. The van der Waals surface area contributed by atoms with Crippen LogP contribution in [0, 0.1) is 23.3 Å². The number of amides is 1. The average molecular weight is 561 g/mol. The normalized spacial score (nSPS) is 11.5. The number of hydrogen-bond acceptors (Lipinski definition) is 7. The number of rotatable bonds is 7. The topological polar surface area (TPSA) is 155 Å². The van der Waals surface area contributed by atoms with Crippen molar-refractivity contribution >= 4 is 38.2 Å². The minimum atomic E-state index is -4.69. The Morgan fingerprint density at radius 2 is 1.85 bits per heavy atom. The van der Waals surface area contributed by atoms with Crippen LogP contribution in [0.2, 0.25) is 0 Å². The van der Waals surface area contributed by atoms with E-state index in [4.69, 9.17) is 4.74 Å². The van der Waals surface area contributed by atoms with Gasteiger partial charge in [-0.05, 0) is 18.2 Å². The summed E-state index contributed by atoms with van der Waals surface area (Å²) in [5.74, 6) is -6.03. The quantitative estimate of drug-likeness (QED) is 0.219. The first-order valence-corrected chi connectivity index (χ1v) is 12.3. The number of nitrogens with zero attached hydrogens (tertiary/aromatic N) is 3. The molecule has 0 aliphatic rings. The Morgan fingerprint density at radius 1 is 1.05 bits per heavy atom. The molecule has 0 radical (unpaired) electrons. The van der Waals surface area contributed by atoms with Gasteiger partial charge in [0, 0.05) is 23.2 Å². The molecular formula is C23H15F4N7O4S. The number of carbonyl (C=O) groups excluding carboxylic acids is 1. The molecule has 3 aromatic heterocycles. The van der Waals surface area contributed by atoms with Crippen molar-refractivity contribution in [2.75, 3.05) is 17.1 Å². The van der Waals surface area contributed by atoms with E-state index in [1.54, 1.807) is 0 Å². The molecule has 4 N–H and O–H groups in total. The summed E-state index contributed by atoms with van der Waals surface area (Å²) >= 11 is 0. The van der Waals surface area contributed by atoms with Crippen molar-refractivity contribution in [1.82, 2.24) is 25.4 Å². The lowest BCUT2D eigenvalue weighted by atomic mass is 10.0. The summed E-state index contributed by atoms with van der Waals surface area (Å²) in [6.45, 7) is 0. The van der Waals surface area contributed by atoms with Gasteiger partial charge in [-0.1, -0.05) is 6.07 Å². The number of carbonyl (C=O) groups is 1. The van der Waals surface area contributed by atoms with Crippen LogP contribution in [-0.4, -0.2) is 46.8 Å². The third-order valence-corrected chi connectivity index (χ3v) is 6.88. The summed E-state index contributed by atoms with van der Waals surface area (Å²) in [7, 11) is -3.59. The van der Waals surface area contributed by atoms with Crippen LogP contribution in [-0.2, 0) is 10.0 Å². The van der Waals surface area contributed by atoms with E-state index in [9.17, 15) is 22.0 Å². The molecule has 11 nitrogen and oxygen atoms in total. The predicted octanol–water partition coefficient (Wildman–Crippen LogP) is 3.97. The monoisotopic (exact) mass is 561 g/mol. The molecule has 0 spiro atoms. The van der Waals surface area contributed by atoms with Crippen LogP contribution >= 0.6 is 0 Å². The zero-order valence-corrected chi connectivity index (χ0v) is 20.3. The number of halogens is 4. The highest BCUT2D eigenvalue weighted by Crippen LogP contribution is 2.36. The number of aromatic amines is 2. The number of benzene rings is 2. The lowest BCUT2D eigenvalue weighted by Crippen LogP contribution is -2.16. The molecule has 0 saturated carbocycles. The molecule has 0 atom stereocenters. The second-order valence-corrected chi connectivity index (χ2v) is 9.56. The maximum Gasteiger partial charge on any atom is 0.274 e. The van der Waals surface area contributed by atoms with Crippen molar-refractivity contribution in [2.45, 2.75) is 4.90 Å². The number of ether oxygens (including phenoxy) is 1. The summed E-state index contributed by atoms with van der Waals surface area (Å²) in [4.78, 5) is 15.3. The van der Waals surface area contributed by atoms with Gasteiger partial charge in [0.15, 0.2) is 16.5 Å². The summed E-state index contributed by atoms with van der Waals surface area (Å²) < 4.78 is 91.9. The predicted molar refractivity (Wildman–Crippen MR) is 130 cm³/mol. The largest absolute Gasteiger partial charge is 0.480 e. The van der Waals surface area contributed by atoms with E-state index in [-0.39, 0.29) is 11.1 Å². The van der Waals surface area contributed by atoms with Crippen LogP contribution in [0.5, 0.6) is 5.88 Å². The van der Waals surface area contributed by atoms with Crippen LogP contribution in [0.25, 0.3) is 22.0 Å². The molecule has 0 bridgehead atoms. The lowest BCUT2D eigenvalue weighted by molar-refractivity contribution is 0.102. The number of pyridine rings is 1. The van der Waals surface area contributed by atoms with Gasteiger partial charge in [-0.2, -0.15) is 10.2 Å². The molecule has 39 heavy (non-hydrogen) atoms. The number of anilines is 2. The van der Waals surface area contributed by atoms with Crippen molar-refractivity contribution in [3.8, 4) is 17.0 Å². The van der Waals surface area contributed by atoms with E-state index in [1.165, 1.54) is 18.5 Å².